The Bertz CT molecular complexity index is 1230. The minimum absolute atomic E-state index is 0.188. The molecule has 0 bridgehead atoms. The molecule has 0 aliphatic carbocycles. The van der Waals surface area contributed by atoms with Gasteiger partial charge in [0.1, 0.15) is 17.5 Å². The molecule has 0 aromatic heterocycles. The lowest BCUT2D eigenvalue weighted by molar-refractivity contribution is -0.119. The highest BCUT2D eigenvalue weighted by molar-refractivity contribution is 7.89. The molecule has 0 spiro atoms. The quantitative estimate of drug-likeness (QED) is 0.633. The second-order valence-corrected chi connectivity index (χ2v) is 9.23. The maximum Gasteiger partial charge on any atom is 0.243 e. The van der Waals surface area contributed by atoms with Gasteiger partial charge in [-0.25, -0.2) is 8.42 Å². The van der Waals surface area contributed by atoms with Gasteiger partial charge in [0.25, 0.3) is 0 Å². The summed E-state index contributed by atoms with van der Waals surface area (Å²) < 4.78 is 38.5. The van der Waals surface area contributed by atoms with Crippen LogP contribution in [0.15, 0.2) is 65.6 Å². The Kier molecular flexibility index (Phi) is 5.84. The molecule has 1 heterocycles. The molecule has 0 radical (unpaired) electrons. The Morgan fingerprint density at radius 1 is 1.00 bits per heavy atom. The Morgan fingerprint density at radius 2 is 1.77 bits per heavy atom. The summed E-state index contributed by atoms with van der Waals surface area (Å²) in [6, 6.07) is 16.9. The average molecular weight is 441 g/mol. The van der Waals surface area contributed by atoms with Gasteiger partial charge < -0.3 is 14.8 Å². The Hall–Kier alpha value is -3.10. The van der Waals surface area contributed by atoms with E-state index in [9.17, 15) is 13.2 Å². The summed E-state index contributed by atoms with van der Waals surface area (Å²) in [5.74, 6) is 0.649. The van der Waals surface area contributed by atoms with Crippen LogP contribution in [0.1, 0.15) is 12.8 Å². The number of rotatable bonds is 6. The summed E-state index contributed by atoms with van der Waals surface area (Å²) in [5, 5.41) is 4.61. The van der Waals surface area contributed by atoms with Crippen molar-refractivity contribution in [2.45, 2.75) is 23.8 Å². The molecule has 4 rings (SSSR count). The molecule has 1 aliphatic heterocycles. The van der Waals surface area contributed by atoms with Crippen LogP contribution in [0.3, 0.4) is 0 Å². The number of carbonyl (C=O) groups is 1. The van der Waals surface area contributed by atoms with E-state index in [1.807, 2.05) is 24.3 Å². The fraction of sp³-hybridized carbons (Fsp3) is 0.261. The highest BCUT2D eigenvalue weighted by atomic mass is 32.2. The molecule has 1 atom stereocenters. The van der Waals surface area contributed by atoms with Crippen LogP contribution in [-0.2, 0) is 14.8 Å². The monoisotopic (exact) mass is 440 g/mol. The number of hydrogen-bond acceptors (Lipinski definition) is 5. The Morgan fingerprint density at radius 3 is 2.52 bits per heavy atom. The lowest BCUT2D eigenvalue weighted by Gasteiger charge is -2.24. The molecule has 0 saturated carbocycles. The average Bonchev–Trinajstić information content (AvgIpc) is 3.30. The molecule has 3 aromatic carbocycles. The predicted molar refractivity (Wildman–Crippen MR) is 119 cm³/mol. The van der Waals surface area contributed by atoms with Crippen molar-refractivity contribution in [3.05, 3.63) is 60.7 Å². The fourth-order valence-corrected chi connectivity index (χ4v) is 5.56. The number of hydrogen-bond donors (Lipinski definition) is 1. The van der Waals surface area contributed by atoms with Gasteiger partial charge in [0.15, 0.2) is 0 Å². The molecular formula is C23H24N2O5S. The third-order valence-corrected chi connectivity index (χ3v) is 7.40. The number of nitrogens with zero attached hydrogens (tertiary/aromatic N) is 1. The van der Waals surface area contributed by atoms with Crippen molar-refractivity contribution in [2.24, 2.45) is 0 Å². The van der Waals surface area contributed by atoms with Gasteiger partial charge in [-0.2, -0.15) is 4.31 Å². The van der Waals surface area contributed by atoms with E-state index in [2.05, 4.69) is 5.32 Å². The number of anilines is 1. The standard InChI is InChI=1S/C23H24N2O5S/c1-29-18-10-12-20(22(15-18)30-2)24-23(26)21-8-5-13-25(21)31(27,28)19-11-9-16-6-3-4-7-17(16)14-19/h3-4,6-7,9-12,14-15,21H,5,8,13H2,1-2H3,(H,24,26). The first-order valence-electron chi connectivity index (χ1n) is 9.97. The highest BCUT2D eigenvalue weighted by Gasteiger charge is 2.39. The van der Waals surface area contributed by atoms with Crippen LogP contribution in [0, 0.1) is 0 Å². The van der Waals surface area contributed by atoms with Gasteiger partial charge in [-0.1, -0.05) is 30.3 Å². The lowest BCUT2D eigenvalue weighted by atomic mass is 10.1. The molecule has 1 unspecified atom stereocenters. The topological polar surface area (TPSA) is 84.9 Å². The first-order chi connectivity index (χ1) is 14.9. The smallest absolute Gasteiger partial charge is 0.243 e. The van der Waals surface area contributed by atoms with E-state index in [0.717, 1.165) is 10.8 Å². The van der Waals surface area contributed by atoms with E-state index in [4.69, 9.17) is 9.47 Å². The molecule has 1 amide bonds. The maximum absolute atomic E-state index is 13.4. The molecule has 162 valence electrons. The molecule has 1 fully saturated rings. The summed E-state index contributed by atoms with van der Waals surface area (Å²) >= 11 is 0. The third-order valence-electron chi connectivity index (χ3n) is 5.50. The summed E-state index contributed by atoms with van der Waals surface area (Å²) in [5.41, 5.74) is 0.461. The summed E-state index contributed by atoms with van der Waals surface area (Å²) in [6.45, 7) is 0.299. The van der Waals surface area contributed by atoms with Crippen LogP contribution < -0.4 is 14.8 Å². The SMILES string of the molecule is COc1ccc(NC(=O)C2CCCN2S(=O)(=O)c2ccc3ccccc3c2)c(OC)c1. The van der Waals surface area contributed by atoms with Crippen LogP contribution in [0.2, 0.25) is 0 Å². The zero-order valence-electron chi connectivity index (χ0n) is 17.4. The van der Waals surface area contributed by atoms with Gasteiger partial charge in [-0.15, -0.1) is 0 Å². The number of carbonyl (C=O) groups excluding carboxylic acids is 1. The van der Waals surface area contributed by atoms with E-state index >= 15 is 0 Å². The van der Waals surface area contributed by atoms with Crippen molar-refractivity contribution in [1.82, 2.24) is 4.31 Å². The first kappa shape index (κ1) is 21.1. The molecule has 31 heavy (non-hydrogen) atoms. The highest BCUT2D eigenvalue weighted by Crippen LogP contribution is 2.32. The normalized spacial score (nSPS) is 16.9. The largest absolute Gasteiger partial charge is 0.497 e. The summed E-state index contributed by atoms with van der Waals surface area (Å²) in [6.07, 6.45) is 1.07. The van der Waals surface area contributed by atoms with Gasteiger partial charge in [-0.3, -0.25) is 4.79 Å². The van der Waals surface area contributed by atoms with E-state index < -0.39 is 16.1 Å². The van der Waals surface area contributed by atoms with Crippen molar-refractivity contribution in [1.29, 1.82) is 0 Å². The predicted octanol–water partition coefficient (Wildman–Crippen LogP) is 3.65. The number of sulfonamides is 1. The van der Waals surface area contributed by atoms with Crippen molar-refractivity contribution in [2.75, 3.05) is 26.1 Å². The van der Waals surface area contributed by atoms with Crippen LogP contribution in [-0.4, -0.2) is 45.4 Å². The second-order valence-electron chi connectivity index (χ2n) is 7.34. The van der Waals surface area contributed by atoms with E-state index in [1.165, 1.54) is 11.4 Å². The molecule has 1 aliphatic rings. The zero-order valence-corrected chi connectivity index (χ0v) is 18.2. The number of benzene rings is 3. The third kappa shape index (κ3) is 4.08. The van der Waals surface area contributed by atoms with Gasteiger partial charge in [-0.05, 0) is 47.9 Å². The van der Waals surface area contributed by atoms with Gasteiger partial charge in [0.05, 0.1) is 24.8 Å². The number of fused-ring (bicyclic) bond motifs is 1. The van der Waals surface area contributed by atoms with Gasteiger partial charge >= 0.3 is 0 Å². The molecule has 3 aromatic rings. The molecule has 1 N–H and O–H groups in total. The van der Waals surface area contributed by atoms with Crippen molar-refractivity contribution in [3.63, 3.8) is 0 Å². The van der Waals surface area contributed by atoms with Gasteiger partial charge in [0.2, 0.25) is 15.9 Å². The van der Waals surface area contributed by atoms with Crippen LogP contribution in [0.5, 0.6) is 11.5 Å². The number of methoxy groups -OCH3 is 2. The van der Waals surface area contributed by atoms with E-state index in [-0.39, 0.29) is 10.8 Å². The number of amides is 1. The molecule has 1 saturated heterocycles. The van der Waals surface area contributed by atoms with Gasteiger partial charge in [0, 0.05) is 12.6 Å². The van der Waals surface area contributed by atoms with Crippen LogP contribution in [0.4, 0.5) is 5.69 Å². The molecular weight excluding hydrogens is 416 g/mol. The molecule has 8 heteroatoms. The summed E-state index contributed by atoms with van der Waals surface area (Å²) in [4.78, 5) is 13.2. The van der Waals surface area contributed by atoms with Crippen molar-refractivity contribution < 1.29 is 22.7 Å². The van der Waals surface area contributed by atoms with Crippen molar-refractivity contribution in [3.8, 4) is 11.5 Å². The van der Waals surface area contributed by atoms with Crippen LogP contribution in [0.25, 0.3) is 10.8 Å². The minimum Gasteiger partial charge on any atom is -0.497 e. The Balaban J connectivity index is 1.60. The number of ether oxygens (including phenoxy) is 2. The van der Waals surface area contributed by atoms with E-state index in [0.29, 0.717) is 36.6 Å². The summed E-state index contributed by atoms with van der Waals surface area (Å²) in [7, 11) is -0.782. The number of nitrogens with one attached hydrogen (secondary N) is 1. The minimum atomic E-state index is -3.82. The van der Waals surface area contributed by atoms with E-state index in [1.54, 1.807) is 43.5 Å². The van der Waals surface area contributed by atoms with Crippen LogP contribution >= 0.6 is 0 Å². The zero-order chi connectivity index (χ0) is 22.0. The first-order valence-corrected chi connectivity index (χ1v) is 11.4. The maximum atomic E-state index is 13.4. The lowest BCUT2D eigenvalue weighted by Crippen LogP contribution is -2.43. The second kappa shape index (κ2) is 8.56. The molecule has 7 nitrogen and oxygen atoms in total. The Labute approximate surface area is 181 Å². The van der Waals surface area contributed by atoms with Crippen molar-refractivity contribution >= 4 is 32.4 Å². The fourth-order valence-electron chi connectivity index (χ4n) is 3.87.